The number of hydrogen-bond acceptors (Lipinski definition) is 4. The molecule has 0 bridgehead atoms. The van der Waals surface area contributed by atoms with Gasteiger partial charge in [0.1, 0.15) is 5.65 Å². The molecule has 0 amide bonds. The zero-order chi connectivity index (χ0) is 14.8. The van der Waals surface area contributed by atoms with Crippen molar-refractivity contribution in [2.75, 3.05) is 5.32 Å². The van der Waals surface area contributed by atoms with Gasteiger partial charge >= 0.3 is 0 Å². The number of aromatic nitrogens is 2. The van der Waals surface area contributed by atoms with Crippen LogP contribution in [0.5, 0.6) is 0 Å². The van der Waals surface area contributed by atoms with Crippen molar-refractivity contribution < 1.29 is 9.31 Å². The summed E-state index contributed by atoms with van der Waals surface area (Å²) in [4.78, 5) is 17.1. The second-order valence-corrected chi connectivity index (χ2v) is 4.49. The standard InChI is InChI=1S/C14H11FN4O2/c15-12-6-10(19(20)21)3-4-13(12)17-7-9-8-18-14-11(9)2-1-5-16-14/h1-6,8,17H,7H2,(H,16,18). The number of nitro groups is 1. The molecule has 0 saturated carbocycles. The Morgan fingerprint density at radius 3 is 3.00 bits per heavy atom. The third kappa shape index (κ3) is 2.53. The smallest absolute Gasteiger partial charge is 0.272 e. The lowest BCUT2D eigenvalue weighted by atomic mass is 10.2. The van der Waals surface area contributed by atoms with Gasteiger partial charge in [0, 0.05) is 30.4 Å². The summed E-state index contributed by atoms with van der Waals surface area (Å²) in [6.07, 6.45) is 3.49. The Morgan fingerprint density at radius 1 is 1.38 bits per heavy atom. The van der Waals surface area contributed by atoms with Crippen molar-refractivity contribution in [3.63, 3.8) is 0 Å². The van der Waals surface area contributed by atoms with Gasteiger partial charge in [-0.2, -0.15) is 0 Å². The molecule has 0 spiro atoms. The van der Waals surface area contributed by atoms with Gasteiger partial charge in [0.05, 0.1) is 16.7 Å². The summed E-state index contributed by atoms with van der Waals surface area (Å²) in [5, 5.41) is 14.4. The van der Waals surface area contributed by atoms with Gasteiger partial charge in [-0.05, 0) is 23.8 Å². The summed E-state index contributed by atoms with van der Waals surface area (Å²) in [5.74, 6) is -0.651. The van der Waals surface area contributed by atoms with Gasteiger partial charge in [-0.1, -0.05) is 0 Å². The summed E-state index contributed by atoms with van der Waals surface area (Å²) >= 11 is 0. The van der Waals surface area contributed by atoms with Crippen molar-refractivity contribution in [3.05, 3.63) is 64.2 Å². The number of pyridine rings is 1. The number of non-ortho nitro benzene ring substituents is 1. The lowest BCUT2D eigenvalue weighted by molar-refractivity contribution is -0.385. The maximum Gasteiger partial charge on any atom is 0.272 e. The van der Waals surface area contributed by atoms with Crippen LogP contribution in [-0.4, -0.2) is 14.9 Å². The fourth-order valence-electron chi connectivity index (χ4n) is 2.11. The lowest BCUT2D eigenvalue weighted by Gasteiger charge is -2.06. The average Bonchev–Trinajstić information content (AvgIpc) is 2.89. The van der Waals surface area contributed by atoms with Gasteiger partial charge in [0.15, 0.2) is 5.82 Å². The van der Waals surface area contributed by atoms with Gasteiger partial charge < -0.3 is 10.3 Å². The van der Waals surface area contributed by atoms with E-state index in [9.17, 15) is 14.5 Å². The Balaban J connectivity index is 1.80. The molecule has 0 aliphatic rings. The molecular weight excluding hydrogens is 275 g/mol. The summed E-state index contributed by atoms with van der Waals surface area (Å²) in [7, 11) is 0. The van der Waals surface area contributed by atoms with Crippen molar-refractivity contribution in [3.8, 4) is 0 Å². The van der Waals surface area contributed by atoms with Gasteiger partial charge in [-0.15, -0.1) is 0 Å². The Hall–Kier alpha value is -2.96. The van der Waals surface area contributed by atoms with Crippen LogP contribution < -0.4 is 5.32 Å². The van der Waals surface area contributed by atoms with Crippen molar-refractivity contribution in [2.45, 2.75) is 6.54 Å². The van der Waals surface area contributed by atoms with Gasteiger partial charge in [-0.3, -0.25) is 10.1 Å². The molecule has 0 atom stereocenters. The average molecular weight is 286 g/mol. The van der Waals surface area contributed by atoms with E-state index in [-0.39, 0.29) is 11.4 Å². The number of anilines is 1. The fourth-order valence-corrected chi connectivity index (χ4v) is 2.11. The summed E-state index contributed by atoms with van der Waals surface area (Å²) < 4.78 is 13.8. The van der Waals surface area contributed by atoms with Gasteiger partial charge in [-0.25, -0.2) is 9.37 Å². The molecule has 2 heterocycles. The van der Waals surface area contributed by atoms with Crippen molar-refractivity contribution in [2.24, 2.45) is 0 Å². The first-order chi connectivity index (χ1) is 10.1. The monoisotopic (exact) mass is 286 g/mol. The second-order valence-electron chi connectivity index (χ2n) is 4.49. The molecule has 6 nitrogen and oxygen atoms in total. The molecule has 3 aromatic rings. The van der Waals surface area contributed by atoms with Crippen LogP contribution in [0.2, 0.25) is 0 Å². The van der Waals surface area contributed by atoms with Crippen molar-refractivity contribution >= 4 is 22.4 Å². The first-order valence-electron chi connectivity index (χ1n) is 6.24. The van der Waals surface area contributed by atoms with Crippen molar-refractivity contribution in [1.82, 2.24) is 9.97 Å². The van der Waals surface area contributed by atoms with Crippen LogP contribution in [0.15, 0.2) is 42.7 Å². The van der Waals surface area contributed by atoms with E-state index in [2.05, 4.69) is 15.3 Å². The molecule has 0 radical (unpaired) electrons. The predicted molar refractivity (Wildman–Crippen MR) is 76.5 cm³/mol. The maximum atomic E-state index is 13.8. The zero-order valence-corrected chi connectivity index (χ0v) is 10.8. The van der Waals surface area contributed by atoms with E-state index in [0.717, 1.165) is 22.7 Å². The highest BCUT2D eigenvalue weighted by atomic mass is 19.1. The number of rotatable bonds is 4. The Labute approximate surface area is 118 Å². The van der Waals surface area contributed by atoms with Crippen LogP contribution in [-0.2, 0) is 6.54 Å². The number of halogens is 1. The minimum atomic E-state index is -0.651. The number of fused-ring (bicyclic) bond motifs is 1. The third-order valence-electron chi connectivity index (χ3n) is 3.17. The number of nitrogens with zero attached hydrogens (tertiary/aromatic N) is 2. The minimum Gasteiger partial charge on any atom is -0.379 e. The maximum absolute atomic E-state index is 13.8. The van der Waals surface area contributed by atoms with E-state index >= 15 is 0 Å². The van der Waals surface area contributed by atoms with E-state index in [1.165, 1.54) is 12.1 Å². The molecule has 0 unspecified atom stereocenters. The normalized spacial score (nSPS) is 10.7. The molecule has 0 saturated heterocycles. The SMILES string of the molecule is O=[N+]([O-])c1ccc(NCc2c[nH]c3ncccc23)c(F)c1. The summed E-state index contributed by atoms with van der Waals surface area (Å²) in [6, 6.07) is 7.27. The molecule has 0 aliphatic carbocycles. The zero-order valence-electron chi connectivity index (χ0n) is 10.8. The van der Waals surface area contributed by atoms with E-state index in [1.807, 2.05) is 12.1 Å². The molecule has 3 rings (SSSR count). The van der Waals surface area contributed by atoms with E-state index in [4.69, 9.17) is 0 Å². The van der Waals surface area contributed by atoms with Gasteiger partial charge in [0.2, 0.25) is 0 Å². The van der Waals surface area contributed by atoms with Crippen LogP contribution in [0.4, 0.5) is 15.8 Å². The lowest BCUT2D eigenvalue weighted by Crippen LogP contribution is -2.01. The molecule has 1 aromatic carbocycles. The van der Waals surface area contributed by atoms with Crippen LogP contribution in [0.1, 0.15) is 5.56 Å². The largest absolute Gasteiger partial charge is 0.379 e. The molecule has 21 heavy (non-hydrogen) atoms. The molecule has 0 aliphatic heterocycles. The fraction of sp³-hybridized carbons (Fsp3) is 0.0714. The van der Waals surface area contributed by atoms with Crippen LogP contribution in [0.25, 0.3) is 11.0 Å². The van der Waals surface area contributed by atoms with E-state index < -0.39 is 10.7 Å². The number of nitro benzene ring substituents is 1. The van der Waals surface area contributed by atoms with Gasteiger partial charge in [0.25, 0.3) is 5.69 Å². The quantitative estimate of drug-likeness (QED) is 0.569. The highest BCUT2D eigenvalue weighted by Crippen LogP contribution is 2.22. The number of nitrogens with one attached hydrogen (secondary N) is 2. The highest BCUT2D eigenvalue weighted by molar-refractivity contribution is 5.79. The molecule has 2 aromatic heterocycles. The highest BCUT2D eigenvalue weighted by Gasteiger charge is 2.11. The summed E-state index contributed by atoms with van der Waals surface area (Å²) in [6.45, 7) is 0.389. The summed E-state index contributed by atoms with van der Waals surface area (Å²) in [5.41, 5.74) is 1.66. The molecule has 0 fully saturated rings. The number of benzene rings is 1. The van der Waals surface area contributed by atoms with Crippen molar-refractivity contribution in [1.29, 1.82) is 0 Å². The Bertz CT molecular complexity index is 816. The topological polar surface area (TPSA) is 83.9 Å². The van der Waals surface area contributed by atoms with Crippen LogP contribution >= 0.6 is 0 Å². The number of H-pyrrole nitrogens is 1. The first-order valence-corrected chi connectivity index (χ1v) is 6.24. The number of hydrogen-bond donors (Lipinski definition) is 2. The second kappa shape index (κ2) is 5.20. The molecule has 7 heteroatoms. The molecular formula is C14H11FN4O2. The Morgan fingerprint density at radius 2 is 2.24 bits per heavy atom. The first kappa shape index (κ1) is 13.0. The Kier molecular flexibility index (Phi) is 3.23. The van der Waals surface area contributed by atoms with E-state index in [1.54, 1.807) is 12.4 Å². The van der Waals surface area contributed by atoms with Crippen LogP contribution in [0.3, 0.4) is 0 Å². The minimum absolute atomic E-state index is 0.221. The van der Waals surface area contributed by atoms with E-state index in [0.29, 0.717) is 6.54 Å². The third-order valence-corrected chi connectivity index (χ3v) is 3.17. The molecule has 106 valence electrons. The number of aromatic amines is 1. The molecule has 2 N–H and O–H groups in total. The van der Waals surface area contributed by atoms with Crippen LogP contribution in [0, 0.1) is 15.9 Å². The predicted octanol–water partition coefficient (Wildman–Crippen LogP) is 3.22.